The number of hydrogen-bond donors (Lipinski definition) is 0. The fourth-order valence-electron chi connectivity index (χ4n) is 6.13. The molecule has 1 aliphatic rings. The Morgan fingerprint density at radius 3 is 2.42 bits per heavy atom. The summed E-state index contributed by atoms with van der Waals surface area (Å²) in [7, 11) is 0. The normalized spacial score (nSPS) is 14.8. The highest BCUT2D eigenvalue weighted by Gasteiger charge is 2.14. The second-order valence-corrected chi connectivity index (χ2v) is 12.6. The summed E-state index contributed by atoms with van der Waals surface area (Å²) in [5.74, 6) is 0.395. The van der Waals surface area contributed by atoms with Gasteiger partial charge in [-0.15, -0.1) is 0 Å². The van der Waals surface area contributed by atoms with Gasteiger partial charge in [-0.25, -0.2) is 4.98 Å². The molecule has 6 rings (SSSR count). The van der Waals surface area contributed by atoms with E-state index < -0.39 is 0 Å². The maximum atomic E-state index is 5.17. The van der Waals surface area contributed by atoms with Crippen LogP contribution in [-0.4, -0.2) is 21.9 Å². The number of pyridine rings is 2. The van der Waals surface area contributed by atoms with Gasteiger partial charge in [0.25, 0.3) is 0 Å². The molecule has 4 heteroatoms. The summed E-state index contributed by atoms with van der Waals surface area (Å²) >= 11 is 0. The number of nitrogens with zero attached hydrogens (tertiary/aromatic N) is 4. The average Bonchev–Trinajstić information content (AvgIpc) is 3.16. The zero-order valence-electron chi connectivity index (χ0n) is 28.8. The van der Waals surface area contributed by atoms with Crippen LogP contribution in [0.4, 0.5) is 0 Å². The van der Waals surface area contributed by atoms with E-state index in [0.29, 0.717) is 5.92 Å². The number of aliphatic imine (C=N–C) groups is 2. The average molecular weight is 651 g/mol. The topological polar surface area (TPSA) is 50.5 Å². The van der Waals surface area contributed by atoms with Gasteiger partial charge in [-0.1, -0.05) is 116 Å². The lowest BCUT2D eigenvalue weighted by Crippen LogP contribution is -2.05. The highest BCUT2D eigenvalue weighted by molar-refractivity contribution is 6.15. The minimum Gasteiger partial charge on any atom is -0.265 e. The van der Waals surface area contributed by atoms with Gasteiger partial charge < -0.3 is 0 Å². The maximum Gasteiger partial charge on any atom is 0.0715 e. The van der Waals surface area contributed by atoms with Gasteiger partial charge in [0.05, 0.1) is 17.1 Å². The van der Waals surface area contributed by atoms with E-state index in [9.17, 15) is 0 Å². The first-order valence-electron chi connectivity index (χ1n) is 17.1. The quantitative estimate of drug-likeness (QED) is 0.126. The Balaban J connectivity index is 1.25. The predicted octanol–water partition coefficient (Wildman–Crippen LogP) is 11.5. The Morgan fingerprint density at radius 1 is 0.860 bits per heavy atom. The Labute approximate surface area is 296 Å². The first-order valence-corrected chi connectivity index (χ1v) is 17.1. The van der Waals surface area contributed by atoms with Crippen molar-refractivity contribution in [1.82, 2.24) is 9.97 Å². The summed E-state index contributed by atoms with van der Waals surface area (Å²) in [6.07, 6.45) is 18.6. The van der Waals surface area contributed by atoms with Gasteiger partial charge in [0, 0.05) is 52.8 Å². The van der Waals surface area contributed by atoms with Crippen molar-refractivity contribution in [3.63, 3.8) is 0 Å². The van der Waals surface area contributed by atoms with Crippen molar-refractivity contribution in [2.24, 2.45) is 15.9 Å². The minimum absolute atomic E-state index is 0.395. The van der Waals surface area contributed by atoms with Crippen LogP contribution < -0.4 is 0 Å². The third-order valence-corrected chi connectivity index (χ3v) is 8.76. The van der Waals surface area contributed by atoms with Crippen LogP contribution in [0.1, 0.15) is 36.5 Å². The maximum absolute atomic E-state index is 5.17. The largest absolute Gasteiger partial charge is 0.265 e. The Morgan fingerprint density at radius 2 is 1.64 bits per heavy atom. The van der Waals surface area contributed by atoms with E-state index in [2.05, 4.69) is 139 Å². The Bertz CT molecular complexity index is 2130. The van der Waals surface area contributed by atoms with Crippen molar-refractivity contribution >= 4 is 17.6 Å². The Kier molecular flexibility index (Phi) is 11.1. The number of rotatable bonds is 12. The first-order chi connectivity index (χ1) is 24.4. The molecule has 1 aliphatic carbocycles. The van der Waals surface area contributed by atoms with E-state index in [-0.39, 0.29) is 0 Å². The summed E-state index contributed by atoms with van der Waals surface area (Å²) < 4.78 is 0. The molecule has 0 N–H and O–H groups in total. The molecule has 0 saturated carbocycles. The van der Waals surface area contributed by atoms with Gasteiger partial charge in [-0.05, 0) is 91.6 Å². The van der Waals surface area contributed by atoms with Gasteiger partial charge >= 0.3 is 0 Å². The SMILES string of the molecule is C=CN=CC(=C)C(C)=N/C(=C\CC1=CC(Cc2cccc(-c3cc(-c4cccc(C)c4)cc(-c4ccccc4)n3)c2)CC=C1)c1cccnc1. The zero-order chi connectivity index (χ0) is 34.7. The van der Waals surface area contributed by atoms with E-state index >= 15 is 0 Å². The van der Waals surface area contributed by atoms with E-state index in [0.717, 1.165) is 64.3 Å². The molecule has 3 aromatic carbocycles. The van der Waals surface area contributed by atoms with Crippen molar-refractivity contribution < 1.29 is 0 Å². The summed E-state index contributed by atoms with van der Waals surface area (Å²) in [6.45, 7) is 11.8. The van der Waals surface area contributed by atoms with Crippen LogP contribution in [0.2, 0.25) is 0 Å². The molecule has 4 nitrogen and oxygen atoms in total. The number of allylic oxidation sites excluding steroid dienone is 6. The van der Waals surface area contributed by atoms with Crippen LogP contribution in [0.15, 0.2) is 180 Å². The Hall–Kier alpha value is -6.00. The molecule has 0 fully saturated rings. The standard InChI is InChI=1S/C46H42N4/c1-5-47-31-34(3)35(4)49-44(42-21-12-24-48-32-42)23-22-36-14-10-15-37(26-36)27-38-16-11-20-41(28-38)46-30-43(40-19-9-13-33(2)25-40)29-45(50-46)39-17-7-6-8-18-39/h5-14,16-21,23-26,28-32,37H,1,3,15,22,27H2,2,4H3/b44-23-,47-31?,49-35?. The minimum atomic E-state index is 0.395. The molecular weight excluding hydrogens is 609 g/mol. The van der Waals surface area contributed by atoms with Crippen LogP contribution in [0.25, 0.3) is 39.3 Å². The lowest BCUT2D eigenvalue weighted by atomic mass is 9.88. The van der Waals surface area contributed by atoms with Crippen molar-refractivity contribution in [2.75, 3.05) is 0 Å². The summed E-state index contributed by atoms with van der Waals surface area (Å²) in [5.41, 5.74) is 13.7. The highest BCUT2D eigenvalue weighted by Crippen LogP contribution is 2.32. The molecule has 0 amide bonds. The monoisotopic (exact) mass is 650 g/mol. The third-order valence-electron chi connectivity index (χ3n) is 8.76. The number of aryl methyl sites for hydroxylation is 1. The molecule has 50 heavy (non-hydrogen) atoms. The molecule has 1 atom stereocenters. The van der Waals surface area contributed by atoms with Gasteiger partial charge in [0.1, 0.15) is 0 Å². The number of hydrogen-bond acceptors (Lipinski definition) is 4. The van der Waals surface area contributed by atoms with Gasteiger partial charge in [-0.3, -0.25) is 15.0 Å². The van der Waals surface area contributed by atoms with Crippen LogP contribution in [0, 0.1) is 12.8 Å². The molecule has 0 bridgehead atoms. The van der Waals surface area contributed by atoms with Crippen LogP contribution in [0.5, 0.6) is 0 Å². The summed E-state index contributed by atoms with van der Waals surface area (Å²) in [6, 6.07) is 36.4. The summed E-state index contributed by atoms with van der Waals surface area (Å²) in [4.78, 5) is 18.5. The lowest BCUT2D eigenvalue weighted by molar-refractivity contribution is 0.646. The fraction of sp³-hybridized carbons (Fsp3) is 0.130. The molecule has 0 aliphatic heterocycles. The highest BCUT2D eigenvalue weighted by atomic mass is 14.8. The van der Waals surface area contributed by atoms with Crippen LogP contribution in [0.3, 0.4) is 0 Å². The molecule has 2 heterocycles. The smallest absolute Gasteiger partial charge is 0.0715 e. The van der Waals surface area contributed by atoms with Crippen LogP contribution >= 0.6 is 0 Å². The van der Waals surface area contributed by atoms with E-state index in [4.69, 9.17) is 9.98 Å². The van der Waals surface area contributed by atoms with Gasteiger partial charge in [0.2, 0.25) is 0 Å². The van der Waals surface area contributed by atoms with E-state index in [1.165, 1.54) is 34.0 Å². The predicted molar refractivity (Wildman–Crippen MR) is 212 cm³/mol. The van der Waals surface area contributed by atoms with Gasteiger partial charge in [0.15, 0.2) is 0 Å². The first kappa shape index (κ1) is 33.9. The molecule has 2 aromatic heterocycles. The number of benzene rings is 3. The van der Waals surface area contributed by atoms with Crippen molar-refractivity contribution in [3.05, 3.63) is 187 Å². The fourth-order valence-corrected chi connectivity index (χ4v) is 6.13. The summed E-state index contributed by atoms with van der Waals surface area (Å²) in [5, 5.41) is 0. The van der Waals surface area contributed by atoms with Gasteiger partial charge in [-0.2, -0.15) is 0 Å². The molecule has 5 aromatic rings. The molecule has 0 saturated heterocycles. The second kappa shape index (κ2) is 16.4. The molecular formula is C46H42N4. The van der Waals surface area contributed by atoms with Crippen molar-refractivity contribution in [1.29, 1.82) is 0 Å². The third kappa shape index (κ3) is 8.91. The molecule has 0 spiro atoms. The van der Waals surface area contributed by atoms with E-state index in [1.54, 1.807) is 12.4 Å². The second-order valence-electron chi connectivity index (χ2n) is 12.6. The molecule has 0 radical (unpaired) electrons. The van der Waals surface area contributed by atoms with Crippen molar-refractivity contribution in [2.45, 2.75) is 33.1 Å². The lowest BCUT2D eigenvalue weighted by Gasteiger charge is -2.17. The van der Waals surface area contributed by atoms with E-state index in [1.807, 2.05) is 31.3 Å². The zero-order valence-corrected chi connectivity index (χ0v) is 28.8. The van der Waals surface area contributed by atoms with Crippen LogP contribution in [-0.2, 0) is 6.42 Å². The molecule has 1 unspecified atom stereocenters. The van der Waals surface area contributed by atoms with Crippen molar-refractivity contribution in [3.8, 4) is 33.6 Å². The number of aromatic nitrogens is 2. The molecule has 246 valence electrons.